The van der Waals surface area contributed by atoms with Crippen molar-refractivity contribution in [3.63, 3.8) is 0 Å². The second kappa shape index (κ2) is 4.35. The predicted molar refractivity (Wildman–Crippen MR) is 72.5 cm³/mol. The van der Waals surface area contributed by atoms with E-state index in [1.54, 1.807) is 6.07 Å². The van der Waals surface area contributed by atoms with E-state index in [2.05, 4.69) is 17.0 Å². The molecule has 0 bridgehead atoms. The number of hydrogen-bond donors (Lipinski definition) is 2. The average Bonchev–Trinajstić information content (AvgIpc) is 2.39. The van der Waals surface area contributed by atoms with E-state index in [9.17, 15) is 5.11 Å². The van der Waals surface area contributed by atoms with E-state index >= 15 is 0 Å². The molecule has 2 aromatic rings. The van der Waals surface area contributed by atoms with Crippen LogP contribution in [-0.2, 0) is 6.54 Å². The first-order chi connectivity index (χ1) is 8.74. The van der Waals surface area contributed by atoms with Crippen LogP contribution in [0.25, 0.3) is 0 Å². The molecule has 3 N–H and O–H groups in total. The molecule has 1 unspecified atom stereocenters. The molecular formula is C15H16N2O. The van der Waals surface area contributed by atoms with Gasteiger partial charge in [0.15, 0.2) is 0 Å². The Hall–Kier alpha value is -2.00. The minimum Gasteiger partial charge on any atom is -0.508 e. The summed E-state index contributed by atoms with van der Waals surface area (Å²) in [5, 5.41) is 9.57. The number of aromatic hydroxyl groups is 1. The van der Waals surface area contributed by atoms with Gasteiger partial charge in [-0.05, 0) is 35.4 Å². The van der Waals surface area contributed by atoms with Gasteiger partial charge in [-0.3, -0.25) is 0 Å². The van der Waals surface area contributed by atoms with E-state index in [4.69, 9.17) is 5.73 Å². The molecule has 18 heavy (non-hydrogen) atoms. The van der Waals surface area contributed by atoms with Gasteiger partial charge in [-0.2, -0.15) is 0 Å². The van der Waals surface area contributed by atoms with Crippen LogP contribution in [-0.4, -0.2) is 11.7 Å². The van der Waals surface area contributed by atoms with Gasteiger partial charge in [-0.1, -0.05) is 24.3 Å². The van der Waals surface area contributed by atoms with Gasteiger partial charge < -0.3 is 15.7 Å². The zero-order chi connectivity index (χ0) is 12.5. The molecular weight excluding hydrogens is 224 g/mol. The number of anilines is 1. The molecule has 1 heterocycles. The van der Waals surface area contributed by atoms with Gasteiger partial charge >= 0.3 is 0 Å². The van der Waals surface area contributed by atoms with Crippen LogP contribution in [0, 0.1) is 0 Å². The lowest BCUT2D eigenvalue weighted by Crippen LogP contribution is -2.37. The van der Waals surface area contributed by atoms with E-state index in [1.807, 2.05) is 30.3 Å². The van der Waals surface area contributed by atoms with Crippen molar-refractivity contribution in [2.75, 3.05) is 11.4 Å². The maximum atomic E-state index is 9.57. The lowest BCUT2D eigenvalue weighted by Gasteiger charge is -2.34. The Kier molecular flexibility index (Phi) is 2.68. The molecule has 0 radical (unpaired) electrons. The molecule has 3 rings (SSSR count). The third-order valence-electron chi connectivity index (χ3n) is 3.43. The molecule has 0 fully saturated rings. The highest BCUT2D eigenvalue weighted by Crippen LogP contribution is 2.30. The number of para-hydroxylation sites is 1. The highest BCUT2D eigenvalue weighted by Gasteiger charge is 2.22. The SMILES string of the molecule is NC1CN(c2ccccc2)Cc2cc(O)ccc21. The van der Waals surface area contributed by atoms with Crippen molar-refractivity contribution in [1.29, 1.82) is 0 Å². The lowest BCUT2D eigenvalue weighted by molar-refractivity contribution is 0.472. The molecule has 0 aromatic heterocycles. The van der Waals surface area contributed by atoms with Gasteiger partial charge in [0.25, 0.3) is 0 Å². The molecule has 3 heteroatoms. The van der Waals surface area contributed by atoms with Crippen molar-refractivity contribution in [3.8, 4) is 5.75 Å². The van der Waals surface area contributed by atoms with Gasteiger partial charge in [-0.25, -0.2) is 0 Å². The number of phenols is 1. The van der Waals surface area contributed by atoms with Crippen molar-refractivity contribution < 1.29 is 5.11 Å². The molecule has 2 aromatic carbocycles. The van der Waals surface area contributed by atoms with Gasteiger partial charge in [0.2, 0.25) is 0 Å². The molecule has 0 aliphatic carbocycles. The summed E-state index contributed by atoms with van der Waals surface area (Å²) in [4.78, 5) is 2.24. The number of hydrogen-bond acceptors (Lipinski definition) is 3. The molecule has 0 spiro atoms. The molecule has 1 atom stereocenters. The first-order valence-electron chi connectivity index (χ1n) is 6.11. The number of fused-ring (bicyclic) bond motifs is 1. The molecule has 1 aliphatic heterocycles. The van der Waals surface area contributed by atoms with Crippen LogP contribution in [0.2, 0.25) is 0 Å². The molecule has 1 aliphatic rings. The van der Waals surface area contributed by atoms with Crippen LogP contribution < -0.4 is 10.6 Å². The van der Waals surface area contributed by atoms with Crippen molar-refractivity contribution in [1.82, 2.24) is 0 Å². The summed E-state index contributed by atoms with van der Waals surface area (Å²) >= 11 is 0. The standard InChI is InChI=1S/C15H16N2O/c16-15-10-17(12-4-2-1-3-5-12)9-11-8-13(18)6-7-14(11)15/h1-8,15,18H,9-10,16H2. The van der Waals surface area contributed by atoms with Gasteiger partial charge in [0, 0.05) is 24.8 Å². The fourth-order valence-corrected chi connectivity index (χ4v) is 2.53. The Labute approximate surface area is 106 Å². The monoisotopic (exact) mass is 240 g/mol. The third kappa shape index (κ3) is 1.93. The summed E-state index contributed by atoms with van der Waals surface area (Å²) in [6, 6.07) is 15.7. The van der Waals surface area contributed by atoms with Gasteiger partial charge in [0.05, 0.1) is 0 Å². The second-order valence-corrected chi connectivity index (χ2v) is 4.71. The summed E-state index contributed by atoms with van der Waals surface area (Å²) in [5.74, 6) is 0.302. The van der Waals surface area contributed by atoms with Crippen molar-refractivity contribution in [2.24, 2.45) is 5.73 Å². The van der Waals surface area contributed by atoms with Gasteiger partial charge in [-0.15, -0.1) is 0 Å². The normalized spacial score (nSPS) is 18.5. The Balaban J connectivity index is 1.96. The number of benzene rings is 2. The fourth-order valence-electron chi connectivity index (χ4n) is 2.53. The number of nitrogens with zero attached hydrogens (tertiary/aromatic N) is 1. The van der Waals surface area contributed by atoms with E-state index < -0.39 is 0 Å². The quantitative estimate of drug-likeness (QED) is 0.804. The van der Waals surface area contributed by atoms with E-state index in [-0.39, 0.29) is 6.04 Å². The number of phenolic OH excluding ortho intramolecular Hbond substituents is 1. The molecule has 92 valence electrons. The summed E-state index contributed by atoms with van der Waals surface area (Å²) in [5.41, 5.74) is 9.62. The Bertz CT molecular complexity index is 554. The van der Waals surface area contributed by atoms with Crippen LogP contribution in [0.3, 0.4) is 0 Å². The molecule has 0 saturated carbocycles. The highest BCUT2D eigenvalue weighted by molar-refractivity contribution is 5.51. The molecule has 0 amide bonds. The average molecular weight is 240 g/mol. The van der Waals surface area contributed by atoms with Crippen LogP contribution >= 0.6 is 0 Å². The molecule has 3 nitrogen and oxygen atoms in total. The first-order valence-corrected chi connectivity index (χ1v) is 6.11. The first kappa shape index (κ1) is 11.1. The van der Waals surface area contributed by atoms with Crippen molar-refractivity contribution >= 4 is 5.69 Å². The fraction of sp³-hybridized carbons (Fsp3) is 0.200. The topological polar surface area (TPSA) is 49.5 Å². The summed E-state index contributed by atoms with van der Waals surface area (Å²) < 4.78 is 0. The maximum Gasteiger partial charge on any atom is 0.115 e. The van der Waals surface area contributed by atoms with Crippen LogP contribution in [0.1, 0.15) is 17.2 Å². The Morgan fingerprint density at radius 3 is 2.67 bits per heavy atom. The van der Waals surface area contributed by atoms with Crippen LogP contribution in [0.5, 0.6) is 5.75 Å². The summed E-state index contributed by atoms with van der Waals surface area (Å²) in [7, 11) is 0. The van der Waals surface area contributed by atoms with Crippen LogP contribution in [0.4, 0.5) is 5.69 Å². The minimum atomic E-state index is -0.00504. The third-order valence-corrected chi connectivity index (χ3v) is 3.43. The zero-order valence-corrected chi connectivity index (χ0v) is 10.1. The lowest BCUT2D eigenvalue weighted by atomic mass is 9.95. The predicted octanol–water partition coefficient (Wildman–Crippen LogP) is 2.41. The zero-order valence-electron chi connectivity index (χ0n) is 10.1. The maximum absolute atomic E-state index is 9.57. The van der Waals surface area contributed by atoms with E-state index in [1.165, 1.54) is 5.69 Å². The summed E-state index contributed by atoms with van der Waals surface area (Å²) in [6.07, 6.45) is 0. The van der Waals surface area contributed by atoms with E-state index in [0.717, 1.165) is 24.2 Å². The number of nitrogens with two attached hydrogens (primary N) is 1. The smallest absolute Gasteiger partial charge is 0.115 e. The Morgan fingerprint density at radius 1 is 1.11 bits per heavy atom. The largest absolute Gasteiger partial charge is 0.508 e. The van der Waals surface area contributed by atoms with Gasteiger partial charge in [0.1, 0.15) is 5.75 Å². The minimum absolute atomic E-state index is 0.00504. The highest BCUT2D eigenvalue weighted by atomic mass is 16.3. The Morgan fingerprint density at radius 2 is 1.89 bits per heavy atom. The number of rotatable bonds is 1. The van der Waals surface area contributed by atoms with Crippen molar-refractivity contribution in [2.45, 2.75) is 12.6 Å². The van der Waals surface area contributed by atoms with Crippen LogP contribution in [0.15, 0.2) is 48.5 Å². The molecule has 0 saturated heterocycles. The van der Waals surface area contributed by atoms with Crippen molar-refractivity contribution in [3.05, 3.63) is 59.7 Å². The summed E-state index contributed by atoms with van der Waals surface area (Å²) in [6.45, 7) is 1.60. The second-order valence-electron chi connectivity index (χ2n) is 4.71. The van der Waals surface area contributed by atoms with E-state index in [0.29, 0.717) is 5.75 Å².